The van der Waals surface area contributed by atoms with Crippen molar-refractivity contribution in [2.45, 2.75) is 77.9 Å². The summed E-state index contributed by atoms with van der Waals surface area (Å²) in [5.74, 6) is 0.921. The molecule has 4 aromatic heterocycles. The quantitative estimate of drug-likeness (QED) is 0.0746. The molecule has 2 aromatic carbocycles. The Kier molecular flexibility index (Phi) is 12.6. The molecule has 0 aliphatic carbocycles. The van der Waals surface area contributed by atoms with Crippen molar-refractivity contribution < 1.29 is 28.7 Å². The van der Waals surface area contributed by atoms with E-state index < -0.39 is 24.3 Å². The van der Waals surface area contributed by atoms with E-state index in [1.54, 1.807) is 4.90 Å². The number of nitrogens with zero attached hydrogens (tertiary/aromatic N) is 5. The lowest BCUT2D eigenvalue weighted by molar-refractivity contribution is -0.135. The van der Waals surface area contributed by atoms with Crippen LogP contribution in [-0.4, -0.2) is 98.2 Å². The number of H-pyrrole nitrogens is 2. The molecular formula is C44H52N10O6. The first-order valence-electron chi connectivity index (χ1n) is 20.4. The smallest absolute Gasteiger partial charge is 0.407 e. The summed E-state index contributed by atoms with van der Waals surface area (Å²) in [4.78, 5) is 77.3. The minimum atomic E-state index is -0.706. The van der Waals surface area contributed by atoms with Crippen molar-refractivity contribution in [1.29, 1.82) is 0 Å². The number of aromatic nitrogens is 6. The Morgan fingerprint density at radius 2 is 1.33 bits per heavy atom. The first-order valence-corrected chi connectivity index (χ1v) is 20.4. The van der Waals surface area contributed by atoms with Crippen molar-refractivity contribution in [3.63, 3.8) is 0 Å². The van der Waals surface area contributed by atoms with Gasteiger partial charge in [-0.2, -0.15) is 0 Å². The van der Waals surface area contributed by atoms with Crippen molar-refractivity contribution >= 4 is 57.1 Å². The van der Waals surface area contributed by atoms with Gasteiger partial charge in [0.25, 0.3) is 0 Å². The zero-order chi connectivity index (χ0) is 42.5. The summed E-state index contributed by atoms with van der Waals surface area (Å²) < 4.78 is 9.41. The van der Waals surface area contributed by atoms with Crippen LogP contribution in [0, 0.1) is 11.8 Å². The number of nitrogens with one attached hydrogen (secondary N) is 5. The third-order valence-corrected chi connectivity index (χ3v) is 11.0. The maximum absolute atomic E-state index is 13.6. The predicted molar refractivity (Wildman–Crippen MR) is 228 cm³/mol. The summed E-state index contributed by atoms with van der Waals surface area (Å²) in [6, 6.07) is 15.2. The molecule has 7 rings (SSSR count). The van der Waals surface area contributed by atoms with Gasteiger partial charge >= 0.3 is 12.2 Å². The van der Waals surface area contributed by atoms with Gasteiger partial charge in [0, 0.05) is 43.0 Å². The molecule has 5 heterocycles. The number of imidazole rings is 2. The van der Waals surface area contributed by atoms with Gasteiger partial charge in [0.1, 0.15) is 23.7 Å². The van der Waals surface area contributed by atoms with Gasteiger partial charge < -0.3 is 40.3 Å². The highest BCUT2D eigenvalue weighted by atomic mass is 16.5. The summed E-state index contributed by atoms with van der Waals surface area (Å²) in [5.41, 5.74) is 6.82. The number of carbonyl (C=O) groups excluding carboxylic acids is 4. The largest absolute Gasteiger partial charge is 0.453 e. The summed E-state index contributed by atoms with van der Waals surface area (Å²) in [5, 5.41) is 10.4. The number of pyridine rings is 2. The number of unbranched alkanes of at least 4 members (excludes halogenated alkanes) is 1. The Morgan fingerprint density at radius 3 is 1.93 bits per heavy atom. The average Bonchev–Trinajstić information content (AvgIpc) is 4.01. The Bertz CT molecular complexity index is 2530. The minimum Gasteiger partial charge on any atom is -0.453 e. The maximum atomic E-state index is 13.6. The van der Waals surface area contributed by atoms with E-state index in [-0.39, 0.29) is 29.7 Å². The van der Waals surface area contributed by atoms with Gasteiger partial charge in [-0.25, -0.2) is 29.5 Å². The van der Waals surface area contributed by atoms with Crippen LogP contribution in [0.15, 0.2) is 60.9 Å². The van der Waals surface area contributed by atoms with Crippen LogP contribution in [0.1, 0.15) is 71.1 Å². The summed E-state index contributed by atoms with van der Waals surface area (Å²) >= 11 is 0. The zero-order valence-corrected chi connectivity index (χ0v) is 34.8. The number of fused-ring (bicyclic) bond motifs is 3. The van der Waals surface area contributed by atoms with Crippen LogP contribution < -0.4 is 16.0 Å². The van der Waals surface area contributed by atoms with E-state index >= 15 is 0 Å². The summed E-state index contributed by atoms with van der Waals surface area (Å²) in [6.45, 7) is 8.59. The SMILES string of the molecule is COC(=O)NC(C(=O)NCCCCc1nc2ncc(-c3ccc4cc(-c5cnc6nc(C7CCCN7C(=O)C(NC(=O)OC)C(C)C)[nH]c6c5)ccc4c3)cc2[nH]1)C(C)C. The number of alkyl carbamates (subject to hydrolysis) is 2. The second kappa shape index (κ2) is 18.1. The molecule has 3 atom stereocenters. The number of benzene rings is 2. The molecule has 3 unspecified atom stereocenters. The molecule has 0 radical (unpaired) electrons. The molecule has 1 saturated heterocycles. The Morgan fingerprint density at radius 1 is 0.750 bits per heavy atom. The molecule has 0 saturated carbocycles. The third kappa shape index (κ3) is 9.17. The molecule has 1 aliphatic heterocycles. The maximum Gasteiger partial charge on any atom is 0.407 e. The van der Waals surface area contributed by atoms with Gasteiger partial charge in [-0.15, -0.1) is 0 Å². The fourth-order valence-electron chi connectivity index (χ4n) is 7.72. The molecular weight excluding hydrogens is 765 g/mol. The second-order valence-electron chi connectivity index (χ2n) is 15.9. The Labute approximate surface area is 347 Å². The number of hydrogen-bond donors (Lipinski definition) is 5. The van der Waals surface area contributed by atoms with Crippen LogP contribution in [0.5, 0.6) is 0 Å². The number of amides is 4. The third-order valence-electron chi connectivity index (χ3n) is 11.0. The highest BCUT2D eigenvalue weighted by molar-refractivity contribution is 5.92. The van der Waals surface area contributed by atoms with Crippen LogP contribution in [0.25, 0.3) is 55.4 Å². The average molecular weight is 817 g/mol. The van der Waals surface area contributed by atoms with Gasteiger partial charge in [-0.1, -0.05) is 52.0 Å². The van der Waals surface area contributed by atoms with Crippen molar-refractivity contribution in [2.24, 2.45) is 11.8 Å². The lowest BCUT2D eigenvalue weighted by Crippen LogP contribution is -2.51. The van der Waals surface area contributed by atoms with E-state index in [2.05, 4.69) is 88.1 Å². The number of aromatic amines is 2. The van der Waals surface area contributed by atoms with Crippen molar-refractivity contribution in [2.75, 3.05) is 27.3 Å². The highest BCUT2D eigenvalue weighted by Crippen LogP contribution is 2.34. The van der Waals surface area contributed by atoms with E-state index in [1.807, 2.05) is 46.2 Å². The number of rotatable bonds is 14. The fourth-order valence-corrected chi connectivity index (χ4v) is 7.72. The van der Waals surface area contributed by atoms with Crippen molar-refractivity contribution in [1.82, 2.24) is 50.8 Å². The number of likely N-dealkylation sites (tertiary alicyclic amines) is 1. The van der Waals surface area contributed by atoms with E-state index in [9.17, 15) is 19.2 Å². The number of aryl methyl sites for hydroxylation is 1. The van der Waals surface area contributed by atoms with Crippen molar-refractivity contribution in [3.05, 3.63) is 72.6 Å². The number of carbonyl (C=O) groups is 4. The van der Waals surface area contributed by atoms with Gasteiger partial charge in [-0.05, 0) is 83.7 Å². The lowest BCUT2D eigenvalue weighted by Gasteiger charge is -2.29. The van der Waals surface area contributed by atoms with Gasteiger partial charge in [0.05, 0.1) is 31.3 Å². The van der Waals surface area contributed by atoms with Crippen LogP contribution in [0.4, 0.5) is 9.59 Å². The summed E-state index contributed by atoms with van der Waals surface area (Å²) in [7, 11) is 2.56. The van der Waals surface area contributed by atoms with Crippen LogP contribution in [-0.2, 0) is 25.5 Å². The normalized spacial score (nSPS) is 15.1. The minimum absolute atomic E-state index is 0.0796. The molecule has 5 N–H and O–H groups in total. The standard InChI is InChI=1S/C44H52N10O6/c1-24(2)36(51-43(57)59-5)41(55)45-16-8-7-11-35-48-32-20-30(22-46-38(32)50-35)28-14-12-27-19-29(15-13-26(27)18-28)31-21-33-39(47-23-31)53-40(49-33)34-10-9-17-54(34)42(56)37(25(3)4)52-44(58)60-6/h12-15,18-25,34,36-37H,7-11,16-17H2,1-6H3,(H,45,55)(H,51,57)(H,52,58)(H,46,48,50)(H,47,49,53). The zero-order valence-electron chi connectivity index (χ0n) is 34.8. The monoisotopic (exact) mass is 816 g/mol. The highest BCUT2D eigenvalue weighted by Gasteiger charge is 2.37. The van der Waals surface area contributed by atoms with E-state index in [0.29, 0.717) is 36.6 Å². The van der Waals surface area contributed by atoms with E-state index in [4.69, 9.17) is 9.72 Å². The van der Waals surface area contributed by atoms with Gasteiger partial charge in [0.15, 0.2) is 11.3 Å². The Balaban J connectivity index is 0.991. The molecule has 60 heavy (non-hydrogen) atoms. The number of methoxy groups -OCH3 is 2. The first kappa shape index (κ1) is 41.6. The van der Waals surface area contributed by atoms with E-state index in [0.717, 1.165) is 75.6 Å². The topological polar surface area (TPSA) is 209 Å². The molecule has 314 valence electrons. The Hall–Kier alpha value is -6.58. The molecule has 6 aromatic rings. The van der Waals surface area contributed by atoms with E-state index in [1.165, 1.54) is 14.2 Å². The van der Waals surface area contributed by atoms with Gasteiger partial charge in [0.2, 0.25) is 11.8 Å². The molecule has 4 amide bonds. The molecule has 1 aliphatic rings. The van der Waals surface area contributed by atoms with Crippen LogP contribution in [0.2, 0.25) is 0 Å². The van der Waals surface area contributed by atoms with Crippen LogP contribution in [0.3, 0.4) is 0 Å². The summed E-state index contributed by atoms with van der Waals surface area (Å²) in [6.07, 6.45) is 6.24. The van der Waals surface area contributed by atoms with Gasteiger partial charge in [-0.3, -0.25) is 9.59 Å². The molecule has 0 bridgehead atoms. The van der Waals surface area contributed by atoms with Crippen LogP contribution >= 0.6 is 0 Å². The predicted octanol–water partition coefficient (Wildman–Crippen LogP) is 6.58. The lowest BCUT2D eigenvalue weighted by atomic mass is 9.99. The second-order valence-corrected chi connectivity index (χ2v) is 15.9. The van der Waals surface area contributed by atoms with Crippen molar-refractivity contribution in [3.8, 4) is 22.3 Å². The first-order chi connectivity index (χ1) is 28.9. The molecule has 16 nitrogen and oxygen atoms in total. The number of ether oxygens (including phenoxy) is 2. The molecule has 16 heteroatoms. The molecule has 0 spiro atoms. The number of hydrogen-bond acceptors (Lipinski definition) is 10. The fraction of sp³-hybridized carbons (Fsp3) is 0.409. The molecule has 1 fully saturated rings.